The van der Waals surface area contributed by atoms with E-state index in [4.69, 9.17) is 19.3 Å². The Labute approximate surface area is 193 Å². The number of hydrogen-bond donors (Lipinski definition) is 1. The number of allylic oxidation sites excluding steroid dienone is 2. The summed E-state index contributed by atoms with van der Waals surface area (Å²) < 4.78 is 16.6. The average molecular weight is 462 g/mol. The van der Waals surface area contributed by atoms with E-state index in [9.17, 15) is 9.59 Å². The maximum atomic E-state index is 13.2. The van der Waals surface area contributed by atoms with Crippen molar-refractivity contribution < 1.29 is 28.9 Å². The maximum Gasteiger partial charge on any atom is 0.315 e. The summed E-state index contributed by atoms with van der Waals surface area (Å²) in [6.45, 7) is 4.25. The van der Waals surface area contributed by atoms with Crippen LogP contribution in [0.3, 0.4) is 0 Å². The van der Waals surface area contributed by atoms with Crippen molar-refractivity contribution in [3.05, 3.63) is 35.0 Å². The van der Waals surface area contributed by atoms with Crippen molar-refractivity contribution in [2.45, 2.75) is 39.0 Å². The van der Waals surface area contributed by atoms with Crippen molar-refractivity contribution in [2.24, 2.45) is 10.9 Å². The molecule has 1 aliphatic heterocycles. The predicted molar refractivity (Wildman–Crippen MR) is 125 cm³/mol. The van der Waals surface area contributed by atoms with Crippen LogP contribution in [0.5, 0.6) is 11.5 Å². The van der Waals surface area contributed by atoms with Gasteiger partial charge in [0.1, 0.15) is 19.1 Å². The molecular weight excluding hydrogens is 430 g/mol. The van der Waals surface area contributed by atoms with Crippen LogP contribution in [-0.2, 0) is 14.3 Å². The first kappa shape index (κ1) is 24.3. The van der Waals surface area contributed by atoms with Crippen LogP contribution in [0.15, 0.2) is 34.5 Å². The number of thioether (sulfide) groups is 1. The number of methoxy groups -OCH3 is 1. The fraction of sp³-hybridized carbons (Fsp3) is 0.542. The summed E-state index contributed by atoms with van der Waals surface area (Å²) in [6.07, 6.45) is 1.94. The van der Waals surface area contributed by atoms with Gasteiger partial charge in [-0.15, -0.1) is 0 Å². The van der Waals surface area contributed by atoms with Crippen molar-refractivity contribution in [3.63, 3.8) is 0 Å². The topological polar surface area (TPSA) is 94.4 Å². The molecule has 2 atom stereocenters. The first-order valence-corrected chi connectivity index (χ1v) is 12.1. The molecule has 1 unspecified atom stereocenters. The van der Waals surface area contributed by atoms with Crippen molar-refractivity contribution in [3.8, 4) is 11.5 Å². The van der Waals surface area contributed by atoms with E-state index in [0.29, 0.717) is 35.8 Å². The van der Waals surface area contributed by atoms with E-state index in [1.807, 2.05) is 13.0 Å². The summed E-state index contributed by atoms with van der Waals surface area (Å²) >= 11 is 1.71. The normalized spacial score (nSPS) is 20.5. The lowest BCUT2D eigenvalue weighted by atomic mass is 9.71. The van der Waals surface area contributed by atoms with Crippen molar-refractivity contribution in [2.75, 3.05) is 38.4 Å². The van der Waals surface area contributed by atoms with Crippen LogP contribution in [0.25, 0.3) is 0 Å². The van der Waals surface area contributed by atoms with Gasteiger partial charge in [-0.05, 0) is 43.2 Å². The number of ether oxygens (including phenoxy) is 3. The molecule has 1 aromatic rings. The molecule has 0 saturated heterocycles. The number of nitrogens with zero attached hydrogens (tertiary/aromatic N) is 1. The van der Waals surface area contributed by atoms with Gasteiger partial charge < -0.3 is 19.3 Å². The molecule has 1 N–H and O–H groups in total. The quantitative estimate of drug-likeness (QED) is 0.421. The fourth-order valence-electron chi connectivity index (χ4n) is 4.26. The van der Waals surface area contributed by atoms with Crippen LogP contribution in [0.2, 0.25) is 0 Å². The zero-order valence-electron chi connectivity index (χ0n) is 18.9. The van der Waals surface area contributed by atoms with Gasteiger partial charge >= 0.3 is 5.97 Å². The van der Waals surface area contributed by atoms with E-state index < -0.39 is 11.8 Å². The van der Waals surface area contributed by atoms with E-state index in [2.05, 4.69) is 11.9 Å². The number of carbonyl (C=O) groups excluding carboxylic acids is 2. The number of aliphatic hydroxyl groups excluding tert-OH is 1. The number of Topliss-reactive ketones (excluding diaryl/α,β-unsaturated/α-hetero) is 1. The third-order valence-electron chi connectivity index (χ3n) is 5.66. The highest BCUT2D eigenvalue weighted by atomic mass is 32.2. The highest BCUT2D eigenvalue weighted by molar-refractivity contribution is 7.99. The lowest BCUT2D eigenvalue weighted by Crippen LogP contribution is -2.37. The van der Waals surface area contributed by atoms with E-state index in [1.165, 1.54) is 7.11 Å². The van der Waals surface area contributed by atoms with Gasteiger partial charge in [-0.25, -0.2) is 0 Å². The molecule has 32 heavy (non-hydrogen) atoms. The zero-order chi connectivity index (χ0) is 23.1. The molecule has 0 spiro atoms. The highest BCUT2D eigenvalue weighted by Crippen LogP contribution is 2.45. The van der Waals surface area contributed by atoms with E-state index >= 15 is 0 Å². The minimum absolute atomic E-state index is 0.0337. The Bertz CT molecular complexity index is 910. The predicted octanol–water partition coefficient (Wildman–Crippen LogP) is 3.54. The SMILES string of the molecule is CCSCCOC(=O)C1C(C)=NC2=C(C(=O)CCC2)[C@@H]1c1ccc(OCCO)c(OC)c1. The zero-order valence-corrected chi connectivity index (χ0v) is 19.7. The second-order valence-electron chi connectivity index (χ2n) is 7.69. The Morgan fingerprint density at radius 1 is 1.25 bits per heavy atom. The molecule has 7 nitrogen and oxygen atoms in total. The summed E-state index contributed by atoms with van der Waals surface area (Å²) in [7, 11) is 1.53. The molecule has 0 fully saturated rings. The van der Waals surface area contributed by atoms with Gasteiger partial charge in [0, 0.05) is 35.1 Å². The molecule has 1 aromatic carbocycles. The Morgan fingerprint density at radius 2 is 2.06 bits per heavy atom. The van der Waals surface area contributed by atoms with Gasteiger partial charge in [-0.1, -0.05) is 13.0 Å². The molecule has 174 valence electrons. The molecule has 0 saturated carbocycles. The maximum absolute atomic E-state index is 13.2. The van der Waals surface area contributed by atoms with E-state index in [1.54, 1.807) is 23.9 Å². The number of esters is 1. The molecule has 0 aromatic heterocycles. The number of aliphatic imine (C=N–C) groups is 1. The second-order valence-corrected chi connectivity index (χ2v) is 9.09. The lowest BCUT2D eigenvalue weighted by molar-refractivity contribution is -0.145. The van der Waals surface area contributed by atoms with E-state index in [-0.39, 0.29) is 25.0 Å². The van der Waals surface area contributed by atoms with Crippen molar-refractivity contribution >= 4 is 29.2 Å². The highest BCUT2D eigenvalue weighted by Gasteiger charge is 2.43. The number of ketones is 1. The number of benzene rings is 1. The minimum Gasteiger partial charge on any atom is -0.493 e. The molecular formula is C24H31NO6S. The first-order valence-electron chi connectivity index (χ1n) is 11.0. The summed E-state index contributed by atoms with van der Waals surface area (Å²) in [6, 6.07) is 5.40. The molecule has 1 heterocycles. The van der Waals surface area contributed by atoms with Gasteiger partial charge in [0.25, 0.3) is 0 Å². The van der Waals surface area contributed by atoms with Crippen LogP contribution in [-0.4, -0.2) is 61.0 Å². The first-order chi connectivity index (χ1) is 15.5. The summed E-state index contributed by atoms with van der Waals surface area (Å²) in [5.74, 6) is 1.18. The minimum atomic E-state index is -0.670. The molecule has 8 heteroatoms. The van der Waals surface area contributed by atoms with Gasteiger partial charge in [0.2, 0.25) is 0 Å². The third-order valence-corrected chi connectivity index (χ3v) is 6.52. The molecule has 3 rings (SSSR count). The summed E-state index contributed by atoms with van der Waals surface area (Å²) in [4.78, 5) is 30.8. The average Bonchev–Trinajstić information content (AvgIpc) is 2.79. The lowest BCUT2D eigenvalue weighted by Gasteiger charge is -2.34. The molecule has 0 radical (unpaired) electrons. The van der Waals surface area contributed by atoms with Crippen molar-refractivity contribution in [1.29, 1.82) is 0 Å². The number of hydrogen-bond acceptors (Lipinski definition) is 8. The molecule has 2 aliphatic rings. The number of carbonyl (C=O) groups is 2. The summed E-state index contributed by atoms with van der Waals surface area (Å²) in [5.41, 5.74) is 2.82. The number of rotatable bonds is 10. The Hall–Kier alpha value is -2.32. The molecule has 0 amide bonds. The van der Waals surface area contributed by atoms with Gasteiger partial charge in [-0.2, -0.15) is 11.8 Å². The second kappa shape index (κ2) is 11.5. The van der Waals surface area contributed by atoms with Crippen LogP contribution in [0.4, 0.5) is 0 Å². The Kier molecular flexibility index (Phi) is 8.75. The van der Waals surface area contributed by atoms with Gasteiger partial charge in [-0.3, -0.25) is 14.6 Å². The summed E-state index contributed by atoms with van der Waals surface area (Å²) in [5, 5.41) is 9.06. The molecule has 1 aliphatic carbocycles. The molecule has 0 bridgehead atoms. The van der Waals surface area contributed by atoms with Gasteiger partial charge in [0.15, 0.2) is 17.3 Å². The van der Waals surface area contributed by atoms with E-state index in [0.717, 1.165) is 35.6 Å². The van der Waals surface area contributed by atoms with Crippen LogP contribution >= 0.6 is 11.8 Å². The number of aliphatic hydroxyl groups is 1. The standard InChI is InChI=1S/C24H31NO6S/c1-4-32-13-12-31-24(28)21-15(2)25-17-6-5-7-18(27)23(17)22(21)16-8-9-19(30-11-10-26)20(14-16)29-3/h8-9,14,21-22,26H,4-7,10-13H2,1-3H3/t21?,22-/m1/s1. The Balaban J connectivity index is 2.00. The van der Waals surface area contributed by atoms with Crippen LogP contribution < -0.4 is 9.47 Å². The van der Waals surface area contributed by atoms with Crippen LogP contribution in [0.1, 0.15) is 44.6 Å². The Morgan fingerprint density at radius 3 is 2.78 bits per heavy atom. The smallest absolute Gasteiger partial charge is 0.315 e. The van der Waals surface area contributed by atoms with Crippen molar-refractivity contribution in [1.82, 2.24) is 0 Å². The van der Waals surface area contributed by atoms with Gasteiger partial charge in [0.05, 0.1) is 13.7 Å². The largest absolute Gasteiger partial charge is 0.493 e. The monoisotopic (exact) mass is 461 g/mol. The third kappa shape index (κ3) is 5.35. The fourth-order valence-corrected chi connectivity index (χ4v) is 4.75. The van der Waals surface area contributed by atoms with Crippen LogP contribution in [0, 0.1) is 5.92 Å².